The second kappa shape index (κ2) is 11.1. The first-order valence-electron chi connectivity index (χ1n) is 11.8. The molecule has 1 fully saturated rings. The quantitative estimate of drug-likeness (QED) is 0.525. The second-order valence-corrected chi connectivity index (χ2v) is 8.74. The Morgan fingerprint density at radius 3 is 2.74 bits per heavy atom. The van der Waals surface area contributed by atoms with Gasteiger partial charge in [0.05, 0.1) is 23.7 Å². The molecule has 0 saturated carbocycles. The number of aromatic nitrogens is 2. The zero-order valence-corrected chi connectivity index (χ0v) is 19.7. The van der Waals surface area contributed by atoms with Gasteiger partial charge in [0, 0.05) is 18.7 Å². The highest BCUT2D eigenvalue weighted by atomic mass is 16.5. The molecule has 0 spiro atoms. The number of benzene rings is 2. The molecule has 2 N–H and O–H groups in total. The molecule has 2 amide bonds. The van der Waals surface area contributed by atoms with E-state index in [4.69, 9.17) is 4.52 Å². The third kappa shape index (κ3) is 5.88. The number of amides is 2. The molecule has 8 heteroatoms. The molecule has 1 atom stereocenters. The lowest BCUT2D eigenvalue weighted by molar-refractivity contribution is -0.121. The van der Waals surface area contributed by atoms with Crippen LogP contribution in [-0.2, 0) is 11.3 Å². The fourth-order valence-corrected chi connectivity index (χ4v) is 4.10. The van der Waals surface area contributed by atoms with E-state index < -0.39 is 0 Å². The summed E-state index contributed by atoms with van der Waals surface area (Å²) in [6, 6.07) is 15.1. The fourth-order valence-electron chi connectivity index (χ4n) is 4.10. The van der Waals surface area contributed by atoms with Crippen molar-refractivity contribution in [1.29, 1.82) is 0 Å². The number of rotatable bonds is 8. The van der Waals surface area contributed by atoms with Crippen LogP contribution in [0.25, 0.3) is 11.4 Å². The molecule has 1 unspecified atom stereocenters. The number of hydrogen-bond acceptors (Lipinski definition) is 6. The van der Waals surface area contributed by atoms with Crippen LogP contribution in [0.4, 0.5) is 5.69 Å². The minimum Gasteiger partial charge on any atom is -0.352 e. The molecular formula is C26H31N5O3. The molecule has 2 aromatic carbocycles. The minimum absolute atomic E-state index is 0.0775. The zero-order chi connectivity index (χ0) is 23.9. The summed E-state index contributed by atoms with van der Waals surface area (Å²) in [7, 11) is 0. The van der Waals surface area contributed by atoms with Gasteiger partial charge in [-0.05, 0) is 44.9 Å². The topological polar surface area (TPSA) is 100 Å². The molecule has 0 aliphatic carbocycles. The smallest absolute Gasteiger partial charge is 0.253 e. The predicted octanol–water partition coefficient (Wildman–Crippen LogP) is 4.04. The summed E-state index contributed by atoms with van der Waals surface area (Å²) in [5.74, 6) is 0.670. The molecule has 2 heterocycles. The van der Waals surface area contributed by atoms with Crippen LogP contribution in [0.1, 0.15) is 48.0 Å². The fraction of sp³-hybridized carbons (Fsp3) is 0.385. The lowest BCUT2D eigenvalue weighted by Gasteiger charge is -2.31. The van der Waals surface area contributed by atoms with Gasteiger partial charge in [-0.3, -0.25) is 14.5 Å². The van der Waals surface area contributed by atoms with E-state index >= 15 is 0 Å². The maximum Gasteiger partial charge on any atom is 0.253 e. The maximum absolute atomic E-state index is 13.1. The van der Waals surface area contributed by atoms with E-state index in [0.29, 0.717) is 42.6 Å². The zero-order valence-electron chi connectivity index (χ0n) is 19.7. The van der Waals surface area contributed by atoms with Gasteiger partial charge in [0.1, 0.15) is 0 Å². The third-order valence-corrected chi connectivity index (χ3v) is 5.98. The molecule has 1 aromatic heterocycles. The van der Waals surface area contributed by atoms with Crippen molar-refractivity contribution in [3.05, 3.63) is 65.5 Å². The number of nitrogens with one attached hydrogen (secondary N) is 2. The van der Waals surface area contributed by atoms with Crippen LogP contribution in [0, 0.1) is 12.8 Å². The highest BCUT2D eigenvalue weighted by Crippen LogP contribution is 2.23. The molecular weight excluding hydrogens is 430 g/mol. The summed E-state index contributed by atoms with van der Waals surface area (Å²) in [6.07, 6.45) is 2.55. The van der Waals surface area contributed by atoms with Crippen LogP contribution < -0.4 is 10.6 Å². The van der Waals surface area contributed by atoms with Crippen molar-refractivity contribution in [3.63, 3.8) is 0 Å². The first-order valence-corrected chi connectivity index (χ1v) is 11.8. The van der Waals surface area contributed by atoms with Crippen molar-refractivity contribution in [2.75, 3.05) is 25.0 Å². The number of para-hydroxylation sites is 1. The number of aryl methyl sites for hydroxylation is 1. The Morgan fingerprint density at radius 2 is 1.94 bits per heavy atom. The van der Waals surface area contributed by atoms with Crippen molar-refractivity contribution in [3.8, 4) is 11.4 Å². The molecule has 1 saturated heterocycles. The molecule has 0 bridgehead atoms. The summed E-state index contributed by atoms with van der Waals surface area (Å²) in [5.41, 5.74) is 3.11. The van der Waals surface area contributed by atoms with Crippen molar-refractivity contribution >= 4 is 17.5 Å². The SMILES string of the molecule is CCCNC(=O)c1ccccc1NC(=O)C1CCCN(Cc2nc(-c3ccc(C)cc3)no2)C1. The lowest BCUT2D eigenvalue weighted by Crippen LogP contribution is -2.40. The Labute approximate surface area is 199 Å². The van der Waals surface area contributed by atoms with E-state index in [1.54, 1.807) is 18.2 Å². The number of likely N-dealkylation sites (tertiary alicyclic amines) is 1. The first kappa shape index (κ1) is 23.6. The number of carbonyl (C=O) groups is 2. The van der Waals surface area contributed by atoms with Gasteiger partial charge in [-0.1, -0.05) is 54.0 Å². The third-order valence-electron chi connectivity index (χ3n) is 5.98. The highest BCUT2D eigenvalue weighted by molar-refractivity contribution is 6.04. The number of carbonyl (C=O) groups excluding carboxylic acids is 2. The van der Waals surface area contributed by atoms with E-state index in [-0.39, 0.29) is 17.7 Å². The lowest BCUT2D eigenvalue weighted by atomic mass is 9.96. The van der Waals surface area contributed by atoms with Crippen molar-refractivity contribution in [2.45, 2.75) is 39.7 Å². The molecule has 1 aliphatic rings. The van der Waals surface area contributed by atoms with Gasteiger partial charge in [-0.15, -0.1) is 0 Å². The van der Waals surface area contributed by atoms with Crippen LogP contribution in [0.15, 0.2) is 53.1 Å². The largest absolute Gasteiger partial charge is 0.352 e. The molecule has 4 rings (SSSR count). The van der Waals surface area contributed by atoms with Gasteiger partial charge in [-0.25, -0.2) is 0 Å². The number of anilines is 1. The van der Waals surface area contributed by atoms with Crippen LogP contribution in [0.3, 0.4) is 0 Å². The normalized spacial score (nSPS) is 16.2. The molecule has 3 aromatic rings. The second-order valence-electron chi connectivity index (χ2n) is 8.74. The van der Waals surface area contributed by atoms with E-state index in [2.05, 4.69) is 25.7 Å². The molecule has 178 valence electrons. The monoisotopic (exact) mass is 461 g/mol. The first-order chi connectivity index (χ1) is 16.5. The average molecular weight is 462 g/mol. The Kier molecular flexibility index (Phi) is 7.69. The number of hydrogen-bond donors (Lipinski definition) is 2. The number of piperidine rings is 1. The van der Waals surface area contributed by atoms with Gasteiger partial charge in [-0.2, -0.15) is 4.98 Å². The summed E-state index contributed by atoms with van der Waals surface area (Å²) < 4.78 is 5.47. The van der Waals surface area contributed by atoms with E-state index in [9.17, 15) is 9.59 Å². The van der Waals surface area contributed by atoms with Gasteiger partial charge in [0.15, 0.2) is 0 Å². The highest BCUT2D eigenvalue weighted by Gasteiger charge is 2.27. The van der Waals surface area contributed by atoms with Crippen molar-refractivity contribution in [2.24, 2.45) is 5.92 Å². The van der Waals surface area contributed by atoms with Gasteiger partial charge in [0.2, 0.25) is 17.6 Å². The Balaban J connectivity index is 1.37. The van der Waals surface area contributed by atoms with Crippen LogP contribution in [0.2, 0.25) is 0 Å². The predicted molar refractivity (Wildman–Crippen MR) is 130 cm³/mol. The van der Waals surface area contributed by atoms with Gasteiger partial charge in [0.25, 0.3) is 5.91 Å². The minimum atomic E-state index is -0.181. The maximum atomic E-state index is 13.1. The van der Waals surface area contributed by atoms with Crippen LogP contribution in [-0.4, -0.2) is 46.5 Å². The Hall–Kier alpha value is -3.52. The van der Waals surface area contributed by atoms with Crippen molar-refractivity contribution < 1.29 is 14.1 Å². The van der Waals surface area contributed by atoms with E-state index in [1.165, 1.54) is 5.56 Å². The summed E-state index contributed by atoms with van der Waals surface area (Å²) >= 11 is 0. The molecule has 34 heavy (non-hydrogen) atoms. The van der Waals surface area contributed by atoms with Gasteiger partial charge < -0.3 is 15.2 Å². The van der Waals surface area contributed by atoms with Crippen molar-refractivity contribution in [1.82, 2.24) is 20.4 Å². The molecule has 8 nitrogen and oxygen atoms in total. The van der Waals surface area contributed by atoms with Crippen LogP contribution in [0.5, 0.6) is 0 Å². The summed E-state index contributed by atoms with van der Waals surface area (Å²) in [6.45, 7) is 6.59. The van der Waals surface area contributed by atoms with E-state index in [1.807, 2.05) is 44.2 Å². The Morgan fingerprint density at radius 1 is 1.15 bits per heavy atom. The molecule has 0 radical (unpaired) electrons. The summed E-state index contributed by atoms with van der Waals surface area (Å²) in [5, 5.41) is 9.95. The van der Waals surface area contributed by atoms with E-state index in [0.717, 1.165) is 31.4 Å². The standard InChI is InChI=1S/C26H31N5O3/c1-3-14-27-26(33)21-8-4-5-9-22(21)28-25(32)20-7-6-15-31(16-20)17-23-29-24(30-34-23)19-12-10-18(2)11-13-19/h4-5,8-13,20H,3,6-7,14-17H2,1-2H3,(H,27,33)(H,28,32). The number of nitrogens with zero attached hydrogens (tertiary/aromatic N) is 3. The van der Waals surface area contributed by atoms with Gasteiger partial charge >= 0.3 is 0 Å². The molecule has 1 aliphatic heterocycles. The van der Waals surface area contributed by atoms with Crippen LogP contribution >= 0.6 is 0 Å². The Bertz CT molecular complexity index is 1130. The summed E-state index contributed by atoms with van der Waals surface area (Å²) in [4.78, 5) is 32.2. The average Bonchev–Trinajstić information content (AvgIpc) is 3.32.